The molecule has 0 bridgehead atoms. The van der Waals surface area contributed by atoms with E-state index in [9.17, 15) is 14.4 Å². The number of ketones is 2. The second kappa shape index (κ2) is 6.53. The lowest BCUT2D eigenvalue weighted by Gasteiger charge is -2.47. The topological polar surface area (TPSA) is 105 Å². The minimum Gasteiger partial charge on any atom is -0.450 e. The third-order valence-corrected chi connectivity index (χ3v) is 6.71. The number of hydrogen-bond acceptors (Lipinski definition) is 8. The maximum absolute atomic E-state index is 15.8. The number of aromatic nitrogens is 1. The Bertz CT molecular complexity index is 1120. The van der Waals surface area contributed by atoms with Crippen LogP contribution in [-0.2, 0) is 25.5 Å². The van der Waals surface area contributed by atoms with Gasteiger partial charge in [0.1, 0.15) is 6.04 Å². The normalized spacial score (nSPS) is 29.3. The van der Waals surface area contributed by atoms with Crippen molar-refractivity contribution in [2.45, 2.75) is 37.8 Å². The lowest BCUT2D eigenvalue weighted by molar-refractivity contribution is -0.137. The highest BCUT2D eigenvalue weighted by atomic mass is 19.1. The molecule has 3 unspecified atom stereocenters. The van der Waals surface area contributed by atoms with Crippen LogP contribution in [0.3, 0.4) is 0 Å². The molecule has 9 nitrogen and oxygen atoms in total. The molecule has 5 aliphatic rings. The number of likely N-dealkylation sites (tertiary alicyclic amines) is 1. The molecule has 4 heterocycles. The molecule has 0 radical (unpaired) electrons. The number of carbonyl (C=O) groups excluding carboxylic acids is 3. The molecule has 1 aromatic heterocycles. The van der Waals surface area contributed by atoms with Gasteiger partial charge in [-0.3, -0.25) is 19.3 Å². The molecule has 1 saturated heterocycles. The van der Waals surface area contributed by atoms with Crippen LogP contribution in [-0.4, -0.2) is 53.2 Å². The summed E-state index contributed by atoms with van der Waals surface area (Å²) < 4.78 is 27.1. The summed E-state index contributed by atoms with van der Waals surface area (Å²) in [5.74, 6) is -1.59. The molecule has 160 valence electrons. The summed E-state index contributed by atoms with van der Waals surface area (Å²) in [6.07, 6.45) is 5.89. The zero-order chi connectivity index (χ0) is 21.3. The van der Waals surface area contributed by atoms with Crippen LogP contribution in [0.1, 0.15) is 24.8 Å². The van der Waals surface area contributed by atoms with Crippen molar-refractivity contribution in [2.24, 2.45) is 5.92 Å². The molecule has 31 heavy (non-hydrogen) atoms. The van der Waals surface area contributed by atoms with Gasteiger partial charge >= 0.3 is 0 Å². The Morgan fingerprint density at radius 3 is 3.00 bits per heavy atom. The van der Waals surface area contributed by atoms with Crippen LogP contribution < -0.4 is 10.2 Å². The summed E-state index contributed by atoms with van der Waals surface area (Å²) in [7, 11) is 0. The lowest BCUT2D eigenvalue weighted by Crippen LogP contribution is -2.52. The second-order valence-corrected chi connectivity index (χ2v) is 8.42. The molecule has 10 heteroatoms. The van der Waals surface area contributed by atoms with Crippen molar-refractivity contribution in [3.63, 3.8) is 0 Å². The summed E-state index contributed by atoms with van der Waals surface area (Å²) in [5.41, 5.74) is 1.80. The van der Waals surface area contributed by atoms with E-state index in [0.29, 0.717) is 56.0 Å². The van der Waals surface area contributed by atoms with Gasteiger partial charge in [-0.05, 0) is 19.3 Å². The quantitative estimate of drug-likeness (QED) is 0.566. The molecular formula is C21H19FN4O5. The van der Waals surface area contributed by atoms with E-state index in [4.69, 9.17) is 9.26 Å². The molecule has 6 rings (SSSR count). The summed E-state index contributed by atoms with van der Waals surface area (Å²) in [5, 5.41) is 6.66. The molecule has 0 spiro atoms. The number of fused-ring (bicyclic) bond motifs is 3. The Balaban J connectivity index is 1.47. The van der Waals surface area contributed by atoms with Gasteiger partial charge in [-0.15, -0.1) is 0 Å². The molecular weight excluding hydrogens is 407 g/mol. The van der Waals surface area contributed by atoms with Crippen molar-refractivity contribution in [2.75, 3.05) is 18.0 Å². The smallest absolute Gasteiger partial charge is 0.265 e. The molecule has 0 saturated carbocycles. The van der Waals surface area contributed by atoms with E-state index in [1.165, 1.54) is 0 Å². The highest BCUT2D eigenvalue weighted by Gasteiger charge is 2.52. The number of nitrogens with one attached hydrogen (secondary N) is 1. The number of nitrogens with zero attached hydrogens (tertiary/aromatic N) is 3. The molecule has 1 aromatic rings. The Morgan fingerprint density at radius 2 is 2.16 bits per heavy atom. The van der Waals surface area contributed by atoms with Gasteiger partial charge in [0.05, 0.1) is 17.6 Å². The fourth-order valence-electron chi connectivity index (χ4n) is 5.28. The van der Waals surface area contributed by atoms with E-state index in [-0.39, 0.29) is 29.9 Å². The molecule has 3 aliphatic heterocycles. The first-order valence-corrected chi connectivity index (χ1v) is 10.3. The third-order valence-electron chi connectivity index (χ3n) is 6.71. The van der Waals surface area contributed by atoms with Crippen LogP contribution in [0.2, 0.25) is 0 Å². The number of rotatable bonds is 3. The average Bonchev–Trinajstić information content (AvgIpc) is 3.42. The molecule has 1 N–H and O–H groups in total. The van der Waals surface area contributed by atoms with Gasteiger partial charge in [-0.2, -0.15) is 0 Å². The molecule has 1 fully saturated rings. The Kier molecular flexibility index (Phi) is 3.87. The summed E-state index contributed by atoms with van der Waals surface area (Å²) in [6.45, 7) is 1.07. The number of anilines is 1. The highest BCUT2D eigenvalue weighted by molar-refractivity contribution is 6.44. The van der Waals surface area contributed by atoms with Gasteiger partial charge in [0.15, 0.2) is 17.3 Å². The fraction of sp³-hybridized carbons (Fsp3) is 0.429. The van der Waals surface area contributed by atoms with Gasteiger partial charge in [-0.1, -0.05) is 11.2 Å². The summed E-state index contributed by atoms with van der Waals surface area (Å²) in [4.78, 5) is 39.1. The standard InChI is InChI=1S/C21H19FN4O5/c22-16-14(25-4-3-12(8-25)23-9-27)6-10-5-11-7-24-31-21(11)26-13-1-2-15(28)18(29)19(13)30-20(16)17(10)26/h6-7,9-10,12,17H,1-5,8H2,(H,23,27). The van der Waals surface area contributed by atoms with Crippen LogP contribution in [0.25, 0.3) is 0 Å². The Labute approximate surface area is 176 Å². The first kappa shape index (κ1) is 18.3. The van der Waals surface area contributed by atoms with E-state index in [1.807, 2.05) is 11.0 Å². The second-order valence-electron chi connectivity index (χ2n) is 8.42. The third kappa shape index (κ3) is 2.53. The SMILES string of the molecule is O=CNC1CCN(C2=CC3Cc4cnoc4N4C5=C(OC(=C2F)C34)C(=O)C(=O)CC5)C1. The lowest BCUT2D eigenvalue weighted by atomic mass is 9.80. The first-order valence-electron chi connectivity index (χ1n) is 10.3. The predicted molar refractivity (Wildman–Crippen MR) is 103 cm³/mol. The van der Waals surface area contributed by atoms with Crippen LogP contribution in [0.5, 0.6) is 0 Å². The van der Waals surface area contributed by atoms with Crippen molar-refractivity contribution in [3.8, 4) is 0 Å². The minimum atomic E-state index is -0.740. The number of allylic oxidation sites excluding steroid dienone is 3. The van der Waals surface area contributed by atoms with E-state index in [2.05, 4.69) is 10.5 Å². The van der Waals surface area contributed by atoms with Crippen LogP contribution in [0.4, 0.5) is 10.3 Å². The van der Waals surface area contributed by atoms with Gasteiger partial charge < -0.3 is 19.5 Å². The monoisotopic (exact) mass is 426 g/mol. The van der Waals surface area contributed by atoms with Crippen molar-refractivity contribution in [1.29, 1.82) is 0 Å². The zero-order valence-corrected chi connectivity index (χ0v) is 16.5. The summed E-state index contributed by atoms with van der Waals surface area (Å²) >= 11 is 0. The van der Waals surface area contributed by atoms with E-state index in [1.54, 1.807) is 11.1 Å². The largest absolute Gasteiger partial charge is 0.450 e. The van der Waals surface area contributed by atoms with Crippen LogP contribution >= 0.6 is 0 Å². The maximum atomic E-state index is 15.8. The number of carbonyl (C=O) groups is 3. The number of ether oxygens (including phenoxy) is 1. The van der Waals surface area contributed by atoms with Crippen molar-refractivity contribution >= 4 is 23.9 Å². The van der Waals surface area contributed by atoms with E-state index in [0.717, 1.165) is 5.56 Å². The van der Waals surface area contributed by atoms with Gasteiger partial charge in [0, 0.05) is 37.0 Å². The number of amides is 1. The Morgan fingerprint density at radius 1 is 1.29 bits per heavy atom. The molecule has 0 aromatic carbocycles. The minimum absolute atomic E-state index is 0.0261. The van der Waals surface area contributed by atoms with E-state index >= 15 is 4.39 Å². The van der Waals surface area contributed by atoms with E-state index < -0.39 is 23.4 Å². The van der Waals surface area contributed by atoms with Gasteiger partial charge in [-0.25, -0.2) is 4.39 Å². The van der Waals surface area contributed by atoms with Crippen LogP contribution in [0, 0.1) is 5.92 Å². The number of Topliss-reactive ketones (excluding diaryl/α,β-unsaturated/α-hetero) is 2. The Hall–Kier alpha value is -3.43. The number of hydrogen-bond donors (Lipinski definition) is 1. The van der Waals surface area contributed by atoms with Crippen molar-refractivity contribution in [3.05, 3.63) is 46.6 Å². The zero-order valence-electron chi connectivity index (χ0n) is 16.5. The molecule has 1 amide bonds. The molecule has 2 aliphatic carbocycles. The highest BCUT2D eigenvalue weighted by Crippen LogP contribution is 2.50. The molecule has 3 atom stereocenters. The fourth-order valence-corrected chi connectivity index (χ4v) is 5.28. The van der Waals surface area contributed by atoms with Crippen molar-refractivity contribution < 1.29 is 28.0 Å². The number of halogens is 1. The van der Waals surface area contributed by atoms with Crippen LogP contribution in [0.15, 0.2) is 45.5 Å². The van der Waals surface area contributed by atoms with Gasteiger partial charge in [0.2, 0.25) is 18.1 Å². The first-order chi connectivity index (χ1) is 15.1. The summed E-state index contributed by atoms with van der Waals surface area (Å²) in [6, 6.07) is -0.559. The average molecular weight is 426 g/mol. The maximum Gasteiger partial charge on any atom is 0.265 e. The van der Waals surface area contributed by atoms with Crippen molar-refractivity contribution in [1.82, 2.24) is 15.4 Å². The van der Waals surface area contributed by atoms with Gasteiger partial charge in [0.25, 0.3) is 5.78 Å². The predicted octanol–water partition coefficient (Wildman–Crippen LogP) is 1.09.